The fourth-order valence-corrected chi connectivity index (χ4v) is 3.36. The monoisotopic (exact) mass is 315 g/mol. The van der Waals surface area contributed by atoms with E-state index in [1.54, 1.807) is 23.3 Å². The number of carbonyl (C=O) groups is 1. The van der Waals surface area contributed by atoms with Crippen LogP contribution in [-0.2, 0) is 11.2 Å². The molecule has 0 N–H and O–H groups in total. The van der Waals surface area contributed by atoms with Crippen LogP contribution in [0.2, 0.25) is 0 Å². The highest BCUT2D eigenvalue weighted by Gasteiger charge is 2.17. The molecule has 2 heterocycles. The van der Waals surface area contributed by atoms with Crippen LogP contribution >= 0.6 is 22.7 Å². The zero-order valence-electron chi connectivity index (χ0n) is 11.4. The largest absolute Gasteiger partial charge is 0.289 e. The van der Waals surface area contributed by atoms with Gasteiger partial charge in [-0.3, -0.25) is 9.69 Å². The summed E-state index contributed by atoms with van der Waals surface area (Å²) < 4.78 is 0. The van der Waals surface area contributed by atoms with Crippen LogP contribution < -0.4 is 4.90 Å². The number of amides is 1. The van der Waals surface area contributed by atoms with E-state index in [9.17, 15) is 4.79 Å². The molecule has 0 fully saturated rings. The van der Waals surface area contributed by atoms with Gasteiger partial charge in [0.1, 0.15) is 5.01 Å². The van der Waals surface area contributed by atoms with Crippen molar-refractivity contribution in [1.82, 2.24) is 10.2 Å². The first-order valence-corrected chi connectivity index (χ1v) is 8.11. The number of anilines is 1. The number of hydrogen-bond donors (Lipinski definition) is 0. The summed E-state index contributed by atoms with van der Waals surface area (Å²) in [5, 5.41) is 11.7. The summed E-state index contributed by atoms with van der Waals surface area (Å²) in [5.41, 5.74) is 1.01. The molecular formula is C15H13N3OS2. The summed E-state index contributed by atoms with van der Waals surface area (Å²) in [4.78, 5) is 14.9. The first-order valence-electron chi connectivity index (χ1n) is 6.42. The number of aromatic nitrogens is 2. The van der Waals surface area contributed by atoms with Gasteiger partial charge in [0.05, 0.1) is 6.42 Å². The third-order valence-electron chi connectivity index (χ3n) is 3.00. The summed E-state index contributed by atoms with van der Waals surface area (Å²) in [5.74, 6) is 0.0215. The van der Waals surface area contributed by atoms with Crippen LogP contribution in [0, 0.1) is 0 Å². The number of rotatable bonds is 4. The zero-order chi connectivity index (χ0) is 14.7. The molecule has 0 aliphatic heterocycles. The molecule has 0 saturated heterocycles. The maximum Gasteiger partial charge on any atom is 0.233 e. The second kappa shape index (κ2) is 6.15. The minimum atomic E-state index is 0.0215. The first kappa shape index (κ1) is 13.9. The molecule has 6 heteroatoms. The van der Waals surface area contributed by atoms with Gasteiger partial charge in [0.25, 0.3) is 0 Å². The van der Waals surface area contributed by atoms with Gasteiger partial charge < -0.3 is 0 Å². The Morgan fingerprint density at radius 3 is 2.67 bits per heavy atom. The molecule has 0 bridgehead atoms. The molecule has 3 rings (SSSR count). The molecule has 0 atom stereocenters. The highest BCUT2D eigenvalue weighted by Crippen LogP contribution is 2.28. The Kier molecular flexibility index (Phi) is 4.08. The van der Waals surface area contributed by atoms with E-state index in [0.29, 0.717) is 11.6 Å². The SMILES string of the molecule is CN(C(=O)Cc1cccs1)c1nnc(-c2ccccc2)s1. The van der Waals surface area contributed by atoms with E-state index >= 15 is 0 Å². The molecule has 21 heavy (non-hydrogen) atoms. The predicted octanol–water partition coefficient (Wildman–Crippen LogP) is 3.47. The molecule has 106 valence electrons. The number of hydrogen-bond acceptors (Lipinski definition) is 5. The Bertz CT molecular complexity index is 722. The van der Waals surface area contributed by atoms with Gasteiger partial charge in [-0.2, -0.15) is 0 Å². The fraction of sp³-hybridized carbons (Fsp3) is 0.133. The molecule has 0 aliphatic rings. The standard InChI is InChI=1S/C15H13N3OS2/c1-18(13(19)10-12-8-5-9-20-12)15-17-16-14(21-15)11-6-3-2-4-7-11/h2-9H,10H2,1H3. The normalized spacial score (nSPS) is 10.5. The van der Waals surface area contributed by atoms with Gasteiger partial charge >= 0.3 is 0 Å². The van der Waals surface area contributed by atoms with E-state index in [0.717, 1.165) is 15.4 Å². The van der Waals surface area contributed by atoms with Crippen LogP contribution in [0.5, 0.6) is 0 Å². The molecule has 0 aliphatic carbocycles. The van der Waals surface area contributed by atoms with Crippen LogP contribution in [-0.4, -0.2) is 23.2 Å². The summed E-state index contributed by atoms with van der Waals surface area (Å²) in [6.07, 6.45) is 0.397. The van der Waals surface area contributed by atoms with Gasteiger partial charge in [-0.1, -0.05) is 47.7 Å². The molecule has 0 unspecified atom stereocenters. The zero-order valence-corrected chi connectivity index (χ0v) is 13.0. The van der Waals surface area contributed by atoms with Crippen molar-refractivity contribution >= 4 is 33.7 Å². The average Bonchev–Trinajstić information content (AvgIpc) is 3.18. The maximum atomic E-state index is 12.2. The van der Waals surface area contributed by atoms with Crippen molar-refractivity contribution in [2.24, 2.45) is 0 Å². The van der Waals surface area contributed by atoms with Crippen molar-refractivity contribution in [2.75, 3.05) is 11.9 Å². The molecule has 1 aromatic carbocycles. The van der Waals surface area contributed by atoms with E-state index in [1.807, 2.05) is 47.8 Å². The topological polar surface area (TPSA) is 46.1 Å². The number of likely N-dealkylation sites (N-methyl/N-ethyl adjacent to an activating group) is 1. The van der Waals surface area contributed by atoms with Crippen molar-refractivity contribution in [1.29, 1.82) is 0 Å². The molecule has 4 nitrogen and oxygen atoms in total. The minimum absolute atomic E-state index is 0.0215. The van der Waals surface area contributed by atoms with Gasteiger partial charge in [-0.05, 0) is 11.4 Å². The molecule has 0 radical (unpaired) electrons. The van der Waals surface area contributed by atoms with E-state index < -0.39 is 0 Å². The molecule has 0 spiro atoms. The first-order chi connectivity index (χ1) is 10.2. The highest BCUT2D eigenvalue weighted by molar-refractivity contribution is 7.18. The predicted molar refractivity (Wildman–Crippen MR) is 86.8 cm³/mol. The highest BCUT2D eigenvalue weighted by atomic mass is 32.1. The van der Waals surface area contributed by atoms with Gasteiger partial charge in [0.15, 0.2) is 0 Å². The average molecular weight is 315 g/mol. The number of nitrogens with zero attached hydrogens (tertiary/aromatic N) is 3. The van der Waals surface area contributed by atoms with Crippen molar-refractivity contribution in [3.8, 4) is 10.6 Å². The molecule has 1 amide bonds. The van der Waals surface area contributed by atoms with Crippen molar-refractivity contribution in [2.45, 2.75) is 6.42 Å². The quantitative estimate of drug-likeness (QED) is 0.740. The number of carbonyl (C=O) groups excluding carboxylic acids is 1. The van der Waals surface area contributed by atoms with Crippen molar-refractivity contribution in [3.63, 3.8) is 0 Å². The Morgan fingerprint density at radius 2 is 1.95 bits per heavy atom. The van der Waals surface area contributed by atoms with Gasteiger partial charge in [0, 0.05) is 17.5 Å². The Morgan fingerprint density at radius 1 is 1.14 bits per heavy atom. The van der Waals surface area contributed by atoms with Crippen LogP contribution in [0.25, 0.3) is 10.6 Å². The van der Waals surface area contributed by atoms with Crippen molar-refractivity contribution in [3.05, 3.63) is 52.7 Å². The number of thiophene rings is 1. The van der Waals surface area contributed by atoms with Crippen LogP contribution in [0.15, 0.2) is 47.8 Å². The molecule has 3 aromatic rings. The smallest absolute Gasteiger partial charge is 0.233 e. The summed E-state index contributed by atoms with van der Waals surface area (Å²) in [6, 6.07) is 13.8. The second-order valence-corrected chi connectivity index (χ2v) is 6.45. The lowest BCUT2D eigenvalue weighted by Gasteiger charge is -2.11. The molecular weight excluding hydrogens is 302 g/mol. The van der Waals surface area contributed by atoms with Gasteiger partial charge in [-0.15, -0.1) is 21.5 Å². The van der Waals surface area contributed by atoms with Crippen LogP contribution in [0.4, 0.5) is 5.13 Å². The minimum Gasteiger partial charge on any atom is -0.289 e. The lowest BCUT2D eigenvalue weighted by Crippen LogP contribution is -2.27. The van der Waals surface area contributed by atoms with Crippen molar-refractivity contribution < 1.29 is 4.79 Å². The van der Waals surface area contributed by atoms with E-state index in [4.69, 9.17) is 0 Å². The summed E-state index contributed by atoms with van der Waals surface area (Å²) in [6.45, 7) is 0. The third kappa shape index (κ3) is 3.17. The van der Waals surface area contributed by atoms with E-state index in [2.05, 4.69) is 10.2 Å². The summed E-state index contributed by atoms with van der Waals surface area (Å²) >= 11 is 3.01. The van der Waals surface area contributed by atoms with Gasteiger partial charge in [0.2, 0.25) is 11.0 Å². The number of benzene rings is 1. The third-order valence-corrected chi connectivity index (χ3v) is 4.93. The Labute approximate surface area is 130 Å². The Hall–Kier alpha value is -2.05. The van der Waals surface area contributed by atoms with Crippen LogP contribution in [0.3, 0.4) is 0 Å². The molecule has 0 saturated carbocycles. The van der Waals surface area contributed by atoms with E-state index in [1.165, 1.54) is 11.3 Å². The lowest BCUT2D eigenvalue weighted by molar-refractivity contribution is -0.117. The molecule has 2 aromatic heterocycles. The van der Waals surface area contributed by atoms with Crippen LogP contribution in [0.1, 0.15) is 4.88 Å². The maximum absolute atomic E-state index is 12.2. The van der Waals surface area contributed by atoms with Gasteiger partial charge in [-0.25, -0.2) is 0 Å². The van der Waals surface area contributed by atoms with E-state index in [-0.39, 0.29) is 5.91 Å². The Balaban J connectivity index is 1.75. The second-order valence-electron chi connectivity index (χ2n) is 4.46. The lowest BCUT2D eigenvalue weighted by atomic mass is 10.2. The summed E-state index contributed by atoms with van der Waals surface area (Å²) in [7, 11) is 1.74. The fourth-order valence-electron chi connectivity index (χ4n) is 1.84.